The minimum absolute atomic E-state index is 0. The van der Waals surface area contributed by atoms with Crippen molar-refractivity contribution >= 4 is 12.4 Å². The summed E-state index contributed by atoms with van der Waals surface area (Å²) in [7, 11) is 4.33. The fourth-order valence-corrected chi connectivity index (χ4v) is 4.21. The zero-order valence-corrected chi connectivity index (χ0v) is 15.3. The molecule has 0 bridgehead atoms. The lowest BCUT2D eigenvalue weighted by Crippen LogP contribution is -2.27. The average molecular weight is 330 g/mol. The Morgan fingerprint density at radius 3 is 2.35 bits per heavy atom. The van der Waals surface area contributed by atoms with E-state index in [1.165, 1.54) is 24.8 Å². The van der Waals surface area contributed by atoms with Crippen LogP contribution < -0.4 is 0 Å². The lowest BCUT2D eigenvalue weighted by Gasteiger charge is -2.32. The quantitative estimate of drug-likeness (QED) is 0.724. The normalized spacial score (nSPS) is 22.7. The molecule has 0 saturated heterocycles. The second-order valence-corrected chi connectivity index (χ2v) is 7.05. The summed E-state index contributed by atoms with van der Waals surface area (Å²) >= 11 is 0. The molecule has 0 aliphatic heterocycles. The van der Waals surface area contributed by atoms with Crippen LogP contribution in [-0.2, 0) is 5.41 Å². The van der Waals surface area contributed by atoms with Crippen molar-refractivity contribution in [3.8, 4) is 0 Å². The molecule has 2 atom stereocenters. The summed E-state index contributed by atoms with van der Waals surface area (Å²) in [4.78, 5) is 2.29. The Morgan fingerprint density at radius 1 is 1.00 bits per heavy atom. The number of hydrogen-bond acceptors (Lipinski definition) is 1. The summed E-state index contributed by atoms with van der Waals surface area (Å²) in [5.41, 5.74) is 4.81. The Bertz CT molecular complexity index is 623. The van der Waals surface area contributed by atoms with Crippen molar-refractivity contribution in [2.45, 2.75) is 37.5 Å². The maximum Gasteiger partial charge on any atom is 0.0211 e. The number of rotatable bonds is 5. The van der Waals surface area contributed by atoms with Gasteiger partial charge < -0.3 is 4.90 Å². The third kappa shape index (κ3) is 3.46. The van der Waals surface area contributed by atoms with E-state index < -0.39 is 0 Å². The van der Waals surface area contributed by atoms with Crippen LogP contribution in [0.25, 0.3) is 0 Å². The Balaban J connectivity index is 0.00000192. The number of fused-ring (bicyclic) bond motifs is 1. The van der Waals surface area contributed by atoms with Crippen molar-refractivity contribution in [3.63, 3.8) is 0 Å². The zero-order valence-electron chi connectivity index (χ0n) is 14.5. The van der Waals surface area contributed by atoms with Gasteiger partial charge in [-0.3, -0.25) is 0 Å². The second kappa shape index (κ2) is 7.51. The molecular formula is C21H28ClN. The third-order valence-electron chi connectivity index (χ3n) is 5.20. The van der Waals surface area contributed by atoms with E-state index in [-0.39, 0.29) is 17.8 Å². The predicted molar refractivity (Wildman–Crippen MR) is 102 cm³/mol. The van der Waals surface area contributed by atoms with Crippen molar-refractivity contribution in [2.24, 2.45) is 0 Å². The molecule has 2 aromatic rings. The van der Waals surface area contributed by atoms with E-state index in [1.54, 1.807) is 11.1 Å². The number of hydrogen-bond donors (Lipinski definition) is 0. The van der Waals surface area contributed by atoms with Gasteiger partial charge in [-0.15, -0.1) is 12.4 Å². The summed E-state index contributed by atoms with van der Waals surface area (Å²) < 4.78 is 0. The summed E-state index contributed by atoms with van der Waals surface area (Å²) in [6, 6.07) is 20.2. The fraction of sp³-hybridized carbons (Fsp3) is 0.429. The van der Waals surface area contributed by atoms with Crippen LogP contribution in [0.1, 0.15) is 48.8 Å². The molecule has 0 aromatic heterocycles. The molecule has 0 fully saturated rings. The van der Waals surface area contributed by atoms with Crippen LogP contribution in [0.4, 0.5) is 0 Å². The Kier molecular flexibility index (Phi) is 5.89. The Labute approximate surface area is 147 Å². The Hall–Kier alpha value is -1.31. The van der Waals surface area contributed by atoms with E-state index in [0.717, 1.165) is 6.54 Å². The van der Waals surface area contributed by atoms with Gasteiger partial charge in [0.1, 0.15) is 0 Å². The van der Waals surface area contributed by atoms with Gasteiger partial charge in [0.25, 0.3) is 0 Å². The van der Waals surface area contributed by atoms with Crippen molar-refractivity contribution in [1.82, 2.24) is 4.90 Å². The molecule has 1 nitrogen and oxygen atoms in total. The number of halogens is 1. The van der Waals surface area contributed by atoms with Gasteiger partial charge in [-0.2, -0.15) is 0 Å². The van der Waals surface area contributed by atoms with Crippen LogP contribution in [0.5, 0.6) is 0 Å². The van der Waals surface area contributed by atoms with Crippen LogP contribution in [0.2, 0.25) is 0 Å². The van der Waals surface area contributed by atoms with Gasteiger partial charge in [0.05, 0.1) is 0 Å². The van der Waals surface area contributed by atoms with Crippen molar-refractivity contribution in [2.75, 3.05) is 20.6 Å². The predicted octanol–water partition coefficient (Wildman–Crippen LogP) is 5.24. The van der Waals surface area contributed by atoms with Gasteiger partial charge in [-0.1, -0.05) is 61.5 Å². The van der Waals surface area contributed by atoms with Gasteiger partial charge in [0, 0.05) is 5.41 Å². The second-order valence-electron chi connectivity index (χ2n) is 7.05. The summed E-state index contributed by atoms with van der Waals surface area (Å²) in [5.74, 6) is 0.649. The molecule has 23 heavy (non-hydrogen) atoms. The molecule has 0 N–H and O–H groups in total. The fourth-order valence-electron chi connectivity index (χ4n) is 4.21. The molecule has 3 rings (SSSR count). The molecular weight excluding hydrogens is 302 g/mol. The van der Waals surface area contributed by atoms with Gasteiger partial charge >= 0.3 is 0 Å². The third-order valence-corrected chi connectivity index (χ3v) is 5.20. The topological polar surface area (TPSA) is 3.24 Å². The molecule has 0 saturated carbocycles. The lowest BCUT2D eigenvalue weighted by atomic mass is 9.72. The van der Waals surface area contributed by atoms with Gasteiger partial charge in [0.2, 0.25) is 0 Å². The molecule has 1 aliphatic rings. The smallest absolute Gasteiger partial charge is 0.0211 e. The highest BCUT2D eigenvalue weighted by Crippen LogP contribution is 2.52. The van der Waals surface area contributed by atoms with E-state index in [4.69, 9.17) is 0 Å². The summed E-state index contributed by atoms with van der Waals surface area (Å²) in [5, 5.41) is 0. The first-order valence-electron chi connectivity index (χ1n) is 8.43. The SMILES string of the molecule is CC1CC(CCCN(C)C)(c2ccccc2)c2ccccc21.Cl. The van der Waals surface area contributed by atoms with Crippen molar-refractivity contribution in [1.29, 1.82) is 0 Å². The summed E-state index contributed by atoms with van der Waals surface area (Å²) in [6.45, 7) is 3.54. The minimum Gasteiger partial charge on any atom is -0.309 e. The first-order valence-corrected chi connectivity index (χ1v) is 8.43. The molecule has 2 aromatic carbocycles. The van der Waals surface area contributed by atoms with Crippen molar-refractivity contribution in [3.05, 3.63) is 71.3 Å². The zero-order chi connectivity index (χ0) is 15.6. The van der Waals surface area contributed by atoms with Crippen LogP contribution in [0.15, 0.2) is 54.6 Å². The molecule has 1 aliphatic carbocycles. The van der Waals surface area contributed by atoms with Crippen molar-refractivity contribution < 1.29 is 0 Å². The highest BCUT2D eigenvalue weighted by atomic mass is 35.5. The van der Waals surface area contributed by atoms with E-state index in [2.05, 4.69) is 80.5 Å². The molecule has 2 unspecified atom stereocenters. The average Bonchev–Trinajstić information content (AvgIpc) is 2.82. The van der Waals surface area contributed by atoms with E-state index in [1.807, 2.05) is 0 Å². The summed E-state index contributed by atoms with van der Waals surface area (Å²) in [6.07, 6.45) is 3.71. The van der Waals surface area contributed by atoms with Crippen LogP contribution >= 0.6 is 12.4 Å². The van der Waals surface area contributed by atoms with E-state index in [0.29, 0.717) is 5.92 Å². The molecule has 0 heterocycles. The van der Waals surface area contributed by atoms with E-state index in [9.17, 15) is 0 Å². The highest BCUT2D eigenvalue weighted by Gasteiger charge is 2.42. The largest absolute Gasteiger partial charge is 0.309 e. The van der Waals surface area contributed by atoms with Gasteiger partial charge in [0.15, 0.2) is 0 Å². The molecule has 0 amide bonds. The first-order chi connectivity index (χ1) is 10.6. The highest BCUT2D eigenvalue weighted by molar-refractivity contribution is 5.85. The van der Waals surface area contributed by atoms with Crippen LogP contribution in [0.3, 0.4) is 0 Å². The minimum atomic E-state index is 0. The monoisotopic (exact) mass is 329 g/mol. The van der Waals surface area contributed by atoms with E-state index >= 15 is 0 Å². The molecule has 124 valence electrons. The first kappa shape index (κ1) is 18.0. The molecule has 2 heteroatoms. The standard InChI is InChI=1S/C21H27N.ClH/c1-17-16-21(14-9-15-22(2)3,18-10-5-4-6-11-18)20-13-8-7-12-19(17)20;/h4-8,10-13,17H,9,14-16H2,1-3H3;1H. The Morgan fingerprint density at radius 2 is 1.65 bits per heavy atom. The van der Waals surface area contributed by atoms with Gasteiger partial charge in [-0.05, 0) is 62.5 Å². The molecule has 0 spiro atoms. The van der Waals surface area contributed by atoms with Gasteiger partial charge in [-0.25, -0.2) is 0 Å². The van der Waals surface area contributed by atoms with Crippen LogP contribution in [0, 0.1) is 0 Å². The van der Waals surface area contributed by atoms with Crippen LogP contribution in [-0.4, -0.2) is 25.5 Å². The number of benzene rings is 2. The molecule has 0 radical (unpaired) electrons. The maximum atomic E-state index is 2.38. The maximum absolute atomic E-state index is 2.38. The number of nitrogens with zero attached hydrogens (tertiary/aromatic N) is 1. The lowest BCUT2D eigenvalue weighted by molar-refractivity contribution is 0.354.